The van der Waals surface area contributed by atoms with E-state index in [4.69, 9.17) is 11.6 Å². The molecular weight excluding hydrogens is 574 g/mol. The van der Waals surface area contributed by atoms with Gasteiger partial charge in [0, 0.05) is 13.6 Å². The number of thiophene rings is 1. The Morgan fingerprint density at radius 3 is 2.37 bits per heavy atom. The Bertz CT molecular complexity index is 1440. The van der Waals surface area contributed by atoms with Crippen molar-refractivity contribution < 1.29 is 39.9 Å². The lowest BCUT2D eigenvalue weighted by Crippen LogP contribution is -2.41. The molecular formula is C20H14ClF8N7OS. The monoisotopic (exact) mass is 587 g/mol. The maximum Gasteiger partial charge on any atom is 0.459 e. The third-order valence-corrected chi connectivity index (χ3v) is 7.22. The number of alkyl halides is 8. The van der Waals surface area contributed by atoms with E-state index in [2.05, 4.69) is 21.5 Å². The zero-order valence-corrected chi connectivity index (χ0v) is 20.7. The average Bonchev–Trinajstić information content (AvgIpc) is 3.12. The fourth-order valence-electron chi connectivity index (χ4n) is 3.86. The second-order valence-electron chi connectivity index (χ2n) is 8.28. The molecule has 0 radical (unpaired) electrons. The molecule has 0 bridgehead atoms. The van der Waals surface area contributed by atoms with Crippen molar-refractivity contribution in [3.05, 3.63) is 33.4 Å². The lowest BCUT2D eigenvalue weighted by atomic mass is 10.1. The molecule has 1 fully saturated rings. The molecule has 0 unspecified atom stereocenters. The molecule has 0 aromatic carbocycles. The number of carbonyl (C=O) groups excluding carboxylic acids is 1. The summed E-state index contributed by atoms with van der Waals surface area (Å²) in [5.41, 5.74) is -5.99. The van der Waals surface area contributed by atoms with Crippen LogP contribution in [0.4, 0.5) is 35.1 Å². The molecule has 0 saturated heterocycles. The first-order valence-corrected chi connectivity index (χ1v) is 11.7. The van der Waals surface area contributed by atoms with Gasteiger partial charge in [-0.25, -0.2) is 9.36 Å². The SMILES string of the molecule is CCN(C(=O)c1cc(-c2cn(-c3c(C(F)(F)F)c(C(F)(F)C(F)(F)F)nn3C)nn2)sc1Cl)C1(C#N)CC1. The molecule has 1 aliphatic rings. The van der Waals surface area contributed by atoms with Crippen molar-refractivity contribution >= 4 is 28.8 Å². The van der Waals surface area contributed by atoms with Crippen LogP contribution in [0, 0.1) is 11.3 Å². The van der Waals surface area contributed by atoms with E-state index in [-0.39, 0.29) is 31.7 Å². The van der Waals surface area contributed by atoms with Gasteiger partial charge in [-0.05, 0) is 25.8 Å². The van der Waals surface area contributed by atoms with Gasteiger partial charge in [0.15, 0.2) is 11.5 Å². The second-order valence-corrected chi connectivity index (χ2v) is 9.93. The van der Waals surface area contributed by atoms with Crippen LogP contribution in [0.5, 0.6) is 0 Å². The minimum absolute atomic E-state index is 0.00629. The number of halogens is 9. The van der Waals surface area contributed by atoms with Crippen LogP contribution < -0.4 is 0 Å². The van der Waals surface area contributed by atoms with E-state index in [1.807, 2.05) is 0 Å². The molecule has 204 valence electrons. The first kappa shape index (κ1) is 27.8. The maximum absolute atomic E-state index is 13.9. The molecule has 3 heterocycles. The Hall–Kier alpha value is -3.26. The zero-order chi connectivity index (χ0) is 28.4. The minimum Gasteiger partial charge on any atom is -0.320 e. The third-order valence-electron chi connectivity index (χ3n) is 5.84. The van der Waals surface area contributed by atoms with E-state index in [0.717, 1.165) is 24.6 Å². The van der Waals surface area contributed by atoms with Crippen LogP contribution in [0.25, 0.3) is 16.4 Å². The highest BCUT2D eigenvalue weighted by atomic mass is 35.5. The topological polar surface area (TPSA) is 92.6 Å². The quantitative estimate of drug-likeness (QED) is 0.352. The summed E-state index contributed by atoms with van der Waals surface area (Å²) < 4.78 is 108. The fourth-order valence-corrected chi connectivity index (χ4v) is 5.07. The van der Waals surface area contributed by atoms with Gasteiger partial charge in [0.05, 0.1) is 22.7 Å². The summed E-state index contributed by atoms with van der Waals surface area (Å²) in [7, 11) is 0.739. The summed E-state index contributed by atoms with van der Waals surface area (Å²) in [6.07, 6.45) is -10.2. The first-order chi connectivity index (χ1) is 17.5. The van der Waals surface area contributed by atoms with Crippen molar-refractivity contribution in [1.29, 1.82) is 5.26 Å². The van der Waals surface area contributed by atoms with Crippen molar-refractivity contribution in [1.82, 2.24) is 29.7 Å². The number of carbonyl (C=O) groups is 1. The van der Waals surface area contributed by atoms with Gasteiger partial charge in [-0.1, -0.05) is 16.8 Å². The van der Waals surface area contributed by atoms with Crippen molar-refractivity contribution in [3.8, 4) is 22.5 Å². The average molecular weight is 588 g/mol. The standard InChI is InChI=1S/C20H14ClF8N7OS/c1-3-35(17(8-30)4-5-17)16(37)9-6-11(38-14(9)21)10-7-36(33-31-10)15-12(19(24,25)26)13(32-34(15)2)18(22,23)20(27,28)29/h6-7H,3-5H2,1-2H3. The van der Waals surface area contributed by atoms with Crippen molar-refractivity contribution in [2.75, 3.05) is 6.54 Å². The molecule has 0 atom stereocenters. The van der Waals surface area contributed by atoms with Crippen LogP contribution in [0.3, 0.4) is 0 Å². The molecule has 18 heteroatoms. The van der Waals surface area contributed by atoms with Gasteiger partial charge in [-0.2, -0.15) is 45.5 Å². The fraction of sp³-hybridized carbons (Fsp3) is 0.450. The van der Waals surface area contributed by atoms with Crippen LogP contribution >= 0.6 is 22.9 Å². The summed E-state index contributed by atoms with van der Waals surface area (Å²) in [6, 6.07) is 3.37. The predicted octanol–water partition coefficient (Wildman–Crippen LogP) is 5.57. The number of amides is 1. The maximum atomic E-state index is 13.9. The Labute approximate surface area is 217 Å². The van der Waals surface area contributed by atoms with Crippen molar-refractivity contribution in [3.63, 3.8) is 0 Å². The lowest BCUT2D eigenvalue weighted by molar-refractivity contribution is -0.292. The molecule has 1 saturated carbocycles. The van der Waals surface area contributed by atoms with E-state index in [1.165, 1.54) is 11.0 Å². The number of aryl methyl sites for hydroxylation is 1. The number of nitrogens with zero attached hydrogens (tertiary/aromatic N) is 7. The van der Waals surface area contributed by atoms with E-state index in [9.17, 15) is 45.2 Å². The van der Waals surface area contributed by atoms with Gasteiger partial charge in [0.1, 0.15) is 21.1 Å². The Morgan fingerprint density at radius 2 is 1.87 bits per heavy atom. The zero-order valence-electron chi connectivity index (χ0n) is 19.1. The van der Waals surface area contributed by atoms with Gasteiger partial charge in [0.2, 0.25) is 0 Å². The highest BCUT2D eigenvalue weighted by Gasteiger charge is 2.64. The molecule has 1 amide bonds. The highest BCUT2D eigenvalue weighted by molar-refractivity contribution is 7.19. The summed E-state index contributed by atoms with van der Waals surface area (Å²) in [5.74, 6) is -7.71. The molecule has 38 heavy (non-hydrogen) atoms. The second kappa shape index (κ2) is 8.90. The Kier molecular flexibility index (Phi) is 6.50. The van der Waals surface area contributed by atoms with Crippen LogP contribution in [0.2, 0.25) is 4.34 Å². The van der Waals surface area contributed by atoms with Gasteiger partial charge in [0.25, 0.3) is 5.91 Å². The third kappa shape index (κ3) is 4.38. The molecule has 8 nitrogen and oxygen atoms in total. The summed E-state index contributed by atoms with van der Waals surface area (Å²) in [5, 5.41) is 19.4. The van der Waals surface area contributed by atoms with E-state index >= 15 is 0 Å². The van der Waals surface area contributed by atoms with Gasteiger partial charge in [-0.15, -0.1) is 16.4 Å². The number of hydrogen-bond acceptors (Lipinski definition) is 6. The lowest BCUT2D eigenvalue weighted by Gasteiger charge is -2.25. The van der Waals surface area contributed by atoms with Gasteiger partial charge >= 0.3 is 18.3 Å². The van der Waals surface area contributed by atoms with Crippen LogP contribution in [0.15, 0.2) is 12.3 Å². The number of nitriles is 1. The first-order valence-electron chi connectivity index (χ1n) is 10.5. The summed E-state index contributed by atoms with van der Waals surface area (Å²) in [6.45, 7) is 1.88. The van der Waals surface area contributed by atoms with Crippen LogP contribution in [0.1, 0.15) is 41.4 Å². The normalized spacial score (nSPS) is 15.4. The highest BCUT2D eigenvalue weighted by Crippen LogP contribution is 2.49. The minimum atomic E-state index is -6.35. The smallest absolute Gasteiger partial charge is 0.320 e. The van der Waals surface area contributed by atoms with Crippen molar-refractivity contribution in [2.24, 2.45) is 7.05 Å². The van der Waals surface area contributed by atoms with Gasteiger partial charge < -0.3 is 4.90 Å². The molecule has 3 aromatic heterocycles. The number of hydrogen-bond donors (Lipinski definition) is 0. The number of rotatable bonds is 6. The molecule has 0 spiro atoms. The summed E-state index contributed by atoms with van der Waals surface area (Å²) in [4.78, 5) is 14.5. The predicted molar refractivity (Wildman–Crippen MR) is 116 cm³/mol. The Balaban J connectivity index is 1.76. The van der Waals surface area contributed by atoms with E-state index in [0.29, 0.717) is 17.5 Å². The molecule has 0 aliphatic heterocycles. The molecule has 4 rings (SSSR count). The summed E-state index contributed by atoms with van der Waals surface area (Å²) >= 11 is 7.02. The van der Waals surface area contributed by atoms with Gasteiger partial charge in [-0.3, -0.25) is 4.79 Å². The van der Waals surface area contributed by atoms with E-state index in [1.54, 1.807) is 6.92 Å². The van der Waals surface area contributed by atoms with Crippen LogP contribution in [-0.2, 0) is 19.1 Å². The molecule has 3 aromatic rings. The molecule has 0 N–H and O–H groups in total. The largest absolute Gasteiger partial charge is 0.459 e. The van der Waals surface area contributed by atoms with Crippen LogP contribution in [-0.4, -0.2) is 53.8 Å². The molecule has 1 aliphatic carbocycles. The van der Waals surface area contributed by atoms with E-state index < -0.39 is 46.8 Å². The van der Waals surface area contributed by atoms with Crippen molar-refractivity contribution in [2.45, 2.75) is 43.6 Å². The number of aromatic nitrogens is 5. The Morgan fingerprint density at radius 1 is 1.24 bits per heavy atom.